The number of aliphatic hydroxyl groups excluding tert-OH is 1. The van der Waals surface area contributed by atoms with Crippen LogP contribution in [0, 0.1) is 10.8 Å². The summed E-state index contributed by atoms with van der Waals surface area (Å²) in [6.07, 6.45) is 0. The first-order valence-corrected chi connectivity index (χ1v) is 20.6. The minimum atomic E-state index is -0.717. The Morgan fingerprint density at radius 2 is 1.28 bits per heavy atom. The number of nitrogens with zero attached hydrogens (tertiary/aromatic N) is 2. The van der Waals surface area contributed by atoms with Gasteiger partial charge in [-0.2, -0.15) is 0 Å². The summed E-state index contributed by atoms with van der Waals surface area (Å²) in [4.78, 5) is 44.6. The standard InChI is InChI=1S/C50H58N4O4/c1-13-53-37-27-35(51-45(57)47(3,4)5)31(25-33(37)49(9,10)43(53)29-21-17-15-18-22-29)39-41(55)40(42(39)56)32-26-34-38(28-36(32)52-46(58)48(6,7)8)54(14-2)44(50(34,11)12)30-23-19-16-20-24-30/h15-28,43-44H,13-14H2,1-12H3,(H2,51,52,55,56,57,58)/p+1. The van der Waals surface area contributed by atoms with Crippen molar-refractivity contribution < 1.29 is 19.5 Å². The number of allylic oxidation sites excluding steroid dienone is 2. The molecule has 2 atom stereocenters. The van der Waals surface area contributed by atoms with Crippen molar-refractivity contribution in [2.45, 2.75) is 106 Å². The number of benzene rings is 4. The van der Waals surface area contributed by atoms with Crippen LogP contribution >= 0.6 is 0 Å². The Labute approximate surface area is 343 Å². The molecule has 58 heavy (non-hydrogen) atoms. The third-order valence-corrected chi connectivity index (χ3v) is 12.5. The van der Waals surface area contributed by atoms with Gasteiger partial charge in [0, 0.05) is 56.5 Å². The van der Waals surface area contributed by atoms with Crippen molar-refractivity contribution in [3.63, 3.8) is 0 Å². The summed E-state index contributed by atoms with van der Waals surface area (Å²) in [7, 11) is 0. The molecule has 0 saturated heterocycles. The number of likely N-dealkylation sites (N-methyl/N-ethyl adjacent to an activating group) is 2. The molecule has 7 rings (SSSR count). The number of fused-ring (bicyclic) bond motifs is 2. The van der Waals surface area contributed by atoms with E-state index >= 15 is 0 Å². The van der Waals surface area contributed by atoms with Crippen LogP contribution in [0.15, 0.2) is 90.7 Å². The third kappa shape index (κ3) is 6.45. The smallest absolute Gasteiger partial charge is 0.229 e. The summed E-state index contributed by atoms with van der Waals surface area (Å²) in [5.41, 5.74) is 4.87. The molecule has 2 aliphatic heterocycles. The van der Waals surface area contributed by atoms with Crippen molar-refractivity contribution in [2.75, 3.05) is 28.6 Å². The zero-order valence-electron chi connectivity index (χ0n) is 36.2. The van der Waals surface area contributed by atoms with Crippen LogP contribution in [0.5, 0.6) is 0 Å². The molecule has 0 bridgehead atoms. The molecule has 0 saturated carbocycles. The molecule has 2 unspecified atom stereocenters. The second-order valence-corrected chi connectivity index (χ2v) is 19.3. The van der Waals surface area contributed by atoms with Gasteiger partial charge in [0.1, 0.15) is 12.3 Å². The monoisotopic (exact) mass is 779 g/mol. The van der Waals surface area contributed by atoms with Crippen LogP contribution in [0.4, 0.5) is 17.1 Å². The molecule has 0 aromatic heterocycles. The highest BCUT2D eigenvalue weighted by molar-refractivity contribution is 6.52. The van der Waals surface area contributed by atoms with E-state index in [0.29, 0.717) is 22.2 Å². The van der Waals surface area contributed by atoms with Crippen molar-refractivity contribution in [3.05, 3.63) is 129 Å². The Hall–Kier alpha value is -5.50. The number of carbonyl (C=O) groups is 3. The first-order valence-electron chi connectivity index (χ1n) is 20.6. The first kappa shape index (κ1) is 40.7. The molecule has 3 N–H and O–H groups in total. The largest absolute Gasteiger partial charge is 0.506 e. The molecular formula is C50H59N4O4+. The summed E-state index contributed by atoms with van der Waals surface area (Å²) in [6, 6.07) is 28.8. The van der Waals surface area contributed by atoms with E-state index < -0.39 is 10.8 Å². The predicted molar refractivity (Wildman–Crippen MR) is 235 cm³/mol. The zero-order chi connectivity index (χ0) is 42.3. The molecule has 2 amide bonds. The molecule has 4 aromatic carbocycles. The molecule has 8 nitrogen and oxygen atoms in total. The van der Waals surface area contributed by atoms with Gasteiger partial charge in [-0.3, -0.25) is 14.4 Å². The lowest BCUT2D eigenvalue weighted by Gasteiger charge is -2.34. The van der Waals surface area contributed by atoms with Crippen LogP contribution in [0.1, 0.15) is 123 Å². The lowest BCUT2D eigenvalue weighted by molar-refractivity contribution is -0.123. The Morgan fingerprint density at radius 1 is 0.724 bits per heavy atom. The molecule has 8 heteroatoms. The highest BCUT2D eigenvalue weighted by Crippen LogP contribution is 2.55. The minimum absolute atomic E-state index is 0.00284. The van der Waals surface area contributed by atoms with Gasteiger partial charge in [-0.25, -0.2) is 4.58 Å². The average molecular weight is 780 g/mol. The summed E-state index contributed by atoms with van der Waals surface area (Å²) < 4.78 is 2.36. The molecule has 3 aliphatic rings. The van der Waals surface area contributed by atoms with E-state index in [0.717, 1.165) is 35.3 Å². The quantitative estimate of drug-likeness (QED) is 0.163. The number of carbonyl (C=O) groups excluding carboxylic acids is 3. The number of hydrogen-bond acceptors (Lipinski definition) is 5. The Balaban J connectivity index is 1.48. The zero-order valence-corrected chi connectivity index (χ0v) is 36.2. The van der Waals surface area contributed by atoms with Gasteiger partial charge in [-0.05, 0) is 57.0 Å². The van der Waals surface area contributed by atoms with Gasteiger partial charge in [0.05, 0.1) is 34.0 Å². The predicted octanol–water partition coefficient (Wildman–Crippen LogP) is 8.76. The van der Waals surface area contributed by atoms with Gasteiger partial charge < -0.3 is 20.6 Å². The number of aliphatic hydroxyl groups is 1. The van der Waals surface area contributed by atoms with Crippen LogP contribution in [-0.4, -0.2) is 35.8 Å². The molecule has 4 aromatic rings. The summed E-state index contributed by atoms with van der Waals surface area (Å²) in [5.74, 6) is -0.911. The van der Waals surface area contributed by atoms with E-state index in [1.54, 1.807) is 0 Å². The van der Waals surface area contributed by atoms with Crippen LogP contribution in [0.25, 0.3) is 11.1 Å². The van der Waals surface area contributed by atoms with Gasteiger partial charge in [0.2, 0.25) is 23.0 Å². The number of anilines is 3. The number of rotatable bonds is 7. The van der Waals surface area contributed by atoms with Gasteiger partial charge >= 0.3 is 0 Å². The topological polar surface area (TPSA) is 102 Å². The fourth-order valence-corrected chi connectivity index (χ4v) is 9.35. The highest BCUT2D eigenvalue weighted by atomic mass is 16.3. The van der Waals surface area contributed by atoms with E-state index in [1.165, 1.54) is 11.1 Å². The van der Waals surface area contributed by atoms with Crippen molar-refractivity contribution in [1.82, 2.24) is 4.58 Å². The van der Waals surface area contributed by atoms with Crippen molar-refractivity contribution in [3.8, 4) is 0 Å². The fourth-order valence-electron chi connectivity index (χ4n) is 9.35. The number of ketones is 1. The first-order chi connectivity index (χ1) is 27.1. The number of nitrogens with one attached hydrogen (secondary N) is 2. The minimum Gasteiger partial charge on any atom is -0.506 e. The summed E-state index contributed by atoms with van der Waals surface area (Å²) in [6.45, 7) is 25.7. The second-order valence-electron chi connectivity index (χ2n) is 19.3. The Kier molecular flexibility index (Phi) is 9.89. The highest BCUT2D eigenvalue weighted by Gasteiger charge is 2.50. The maximum absolute atomic E-state index is 14.9. The van der Waals surface area contributed by atoms with E-state index in [2.05, 4.69) is 110 Å². The van der Waals surface area contributed by atoms with Gasteiger partial charge in [-0.1, -0.05) is 116 Å². The third-order valence-electron chi connectivity index (χ3n) is 12.5. The fraction of sp³-hybridized carbons (Fsp3) is 0.400. The maximum Gasteiger partial charge on any atom is 0.229 e. The summed E-state index contributed by atoms with van der Waals surface area (Å²) in [5, 5.41) is 20.0. The van der Waals surface area contributed by atoms with Gasteiger partial charge in [0.15, 0.2) is 6.04 Å². The van der Waals surface area contributed by atoms with Gasteiger partial charge in [-0.15, -0.1) is 0 Å². The van der Waals surface area contributed by atoms with Crippen LogP contribution in [0.3, 0.4) is 0 Å². The maximum atomic E-state index is 14.9. The van der Waals surface area contributed by atoms with Crippen LogP contribution < -0.4 is 30.7 Å². The van der Waals surface area contributed by atoms with E-state index in [-0.39, 0.29) is 57.4 Å². The van der Waals surface area contributed by atoms with Crippen LogP contribution in [-0.2, 0) is 25.2 Å². The average Bonchev–Trinajstić information content (AvgIpc) is 3.52. The molecule has 1 aliphatic carbocycles. The summed E-state index contributed by atoms with van der Waals surface area (Å²) >= 11 is 0. The van der Waals surface area contributed by atoms with Gasteiger partial charge in [0.25, 0.3) is 0 Å². The van der Waals surface area contributed by atoms with Crippen molar-refractivity contribution in [1.29, 1.82) is 0 Å². The lowest BCUT2D eigenvalue weighted by Crippen LogP contribution is -2.36. The molecule has 302 valence electrons. The number of amides is 2. The van der Waals surface area contributed by atoms with Crippen molar-refractivity contribution >= 4 is 45.8 Å². The molecule has 0 spiro atoms. The normalized spacial score (nSPS) is 20.4. The Bertz CT molecular complexity index is 2520. The van der Waals surface area contributed by atoms with E-state index in [4.69, 9.17) is 0 Å². The Morgan fingerprint density at radius 3 is 1.79 bits per heavy atom. The SMILES string of the molecule is CCN1c2cc(NC(=O)C(C)(C)C)c(C3=C(O)/C(=c4\cc5c(cc4NC(=O)C(C)(C)C)=[N+](CC)C(c4ccccc4)C5(C)C)C3=O)cc2C(C)(C)C1c1ccccc1. The van der Waals surface area contributed by atoms with E-state index in [1.807, 2.05) is 77.9 Å². The van der Waals surface area contributed by atoms with Crippen LogP contribution in [0.2, 0.25) is 0 Å². The van der Waals surface area contributed by atoms with E-state index in [9.17, 15) is 19.5 Å². The second kappa shape index (κ2) is 14.1. The molecule has 2 heterocycles. The van der Waals surface area contributed by atoms with Crippen molar-refractivity contribution in [2.24, 2.45) is 10.8 Å². The lowest BCUT2D eigenvalue weighted by atomic mass is 9.74. The number of hydrogen-bond donors (Lipinski definition) is 3. The molecule has 0 fully saturated rings. The number of Topliss-reactive ketones (excluding diaryl/α,β-unsaturated/α-hetero) is 1. The molecular weight excluding hydrogens is 721 g/mol. The molecule has 0 radical (unpaired) electrons.